The molecular weight excluding hydrogens is 200 g/mol. The Morgan fingerprint density at radius 1 is 1.12 bits per heavy atom. The average Bonchev–Trinajstić information content (AvgIpc) is 3.11. The van der Waals surface area contributed by atoms with Gasteiger partial charge in [0.05, 0.1) is 12.4 Å². The third-order valence-corrected chi connectivity index (χ3v) is 3.32. The van der Waals surface area contributed by atoms with Crippen molar-refractivity contribution in [1.29, 1.82) is 0 Å². The molecule has 0 bridgehead atoms. The van der Waals surface area contributed by atoms with Crippen LogP contribution < -0.4 is 10.6 Å². The second-order valence-electron chi connectivity index (χ2n) is 5.09. The van der Waals surface area contributed by atoms with Crippen LogP contribution in [0.25, 0.3) is 0 Å². The van der Waals surface area contributed by atoms with Gasteiger partial charge in [0.2, 0.25) is 0 Å². The van der Waals surface area contributed by atoms with E-state index >= 15 is 0 Å². The molecule has 4 heteroatoms. The topological polar surface area (TPSA) is 55.0 Å². The summed E-state index contributed by atoms with van der Waals surface area (Å²) in [6.07, 6.45) is 8.93. The SMILES string of the molecule is Nc1cncc(N(CC2CC2)CC2CC2)n1. The summed E-state index contributed by atoms with van der Waals surface area (Å²) in [6, 6.07) is 0. The van der Waals surface area contributed by atoms with Crippen molar-refractivity contribution >= 4 is 11.6 Å². The fraction of sp³-hybridized carbons (Fsp3) is 0.667. The highest BCUT2D eigenvalue weighted by atomic mass is 15.2. The monoisotopic (exact) mass is 218 g/mol. The van der Waals surface area contributed by atoms with Gasteiger partial charge in [-0.05, 0) is 37.5 Å². The summed E-state index contributed by atoms with van der Waals surface area (Å²) in [7, 11) is 0. The van der Waals surface area contributed by atoms with Crippen molar-refractivity contribution in [2.24, 2.45) is 11.8 Å². The maximum absolute atomic E-state index is 5.69. The molecule has 2 fully saturated rings. The quantitative estimate of drug-likeness (QED) is 0.817. The second kappa shape index (κ2) is 3.92. The normalized spacial score (nSPS) is 19.8. The Morgan fingerprint density at radius 2 is 1.75 bits per heavy atom. The predicted octanol–water partition coefficient (Wildman–Crippen LogP) is 1.69. The standard InChI is InChI=1S/C12H18N4/c13-11-5-14-6-12(15-11)16(7-9-1-2-9)8-10-3-4-10/h5-6,9-10H,1-4,7-8H2,(H2,13,15). The van der Waals surface area contributed by atoms with E-state index < -0.39 is 0 Å². The highest BCUT2D eigenvalue weighted by molar-refractivity contribution is 5.41. The minimum absolute atomic E-state index is 0.522. The van der Waals surface area contributed by atoms with Gasteiger partial charge in [0.25, 0.3) is 0 Å². The minimum Gasteiger partial charge on any atom is -0.382 e. The largest absolute Gasteiger partial charge is 0.382 e. The molecule has 4 nitrogen and oxygen atoms in total. The number of nitrogen functional groups attached to an aromatic ring is 1. The Balaban J connectivity index is 1.73. The van der Waals surface area contributed by atoms with Gasteiger partial charge < -0.3 is 10.6 Å². The van der Waals surface area contributed by atoms with Gasteiger partial charge in [-0.15, -0.1) is 0 Å². The molecule has 86 valence electrons. The van der Waals surface area contributed by atoms with Gasteiger partial charge in [-0.25, -0.2) is 4.98 Å². The van der Waals surface area contributed by atoms with E-state index in [1.165, 1.54) is 25.7 Å². The lowest BCUT2D eigenvalue weighted by atomic mass is 10.3. The van der Waals surface area contributed by atoms with Crippen LogP contribution in [0.15, 0.2) is 12.4 Å². The van der Waals surface area contributed by atoms with Crippen molar-refractivity contribution in [3.05, 3.63) is 12.4 Å². The van der Waals surface area contributed by atoms with E-state index in [0.29, 0.717) is 5.82 Å². The van der Waals surface area contributed by atoms with Crippen LogP contribution in [0.5, 0.6) is 0 Å². The Hall–Kier alpha value is -1.32. The van der Waals surface area contributed by atoms with Crippen LogP contribution >= 0.6 is 0 Å². The van der Waals surface area contributed by atoms with Crippen LogP contribution in [-0.4, -0.2) is 23.1 Å². The summed E-state index contributed by atoms with van der Waals surface area (Å²) in [5.74, 6) is 3.23. The molecule has 1 heterocycles. The van der Waals surface area contributed by atoms with Crippen molar-refractivity contribution in [2.75, 3.05) is 23.7 Å². The zero-order valence-electron chi connectivity index (χ0n) is 9.47. The van der Waals surface area contributed by atoms with Crippen molar-refractivity contribution < 1.29 is 0 Å². The van der Waals surface area contributed by atoms with Crippen LogP contribution in [0.3, 0.4) is 0 Å². The maximum Gasteiger partial charge on any atom is 0.149 e. The Morgan fingerprint density at radius 3 is 2.25 bits per heavy atom. The summed E-state index contributed by atoms with van der Waals surface area (Å²) in [4.78, 5) is 10.9. The van der Waals surface area contributed by atoms with Crippen LogP contribution in [0, 0.1) is 11.8 Å². The van der Waals surface area contributed by atoms with Gasteiger partial charge >= 0.3 is 0 Å². The van der Waals surface area contributed by atoms with Gasteiger partial charge in [0.15, 0.2) is 0 Å². The number of rotatable bonds is 5. The van der Waals surface area contributed by atoms with Gasteiger partial charge in [-0.2, -0.15) is 0 Å². The Bertz CT molecular complexity index is 357. The van der Waals surface area contributed by atoms with Crippen molar-refractivity contribution in [2.45, 2.75) is 25.7 Å². The molecule has 1 aromatic rings. The average molecular weight is 218 g/mol. The highest BCUT2D eigenvalue weighted by Crippen LogP contribution is 2.35. The van der Waals surface area contributed by atoms with Gasteiger partial charge in [0, 0.05) is 13.1 Å². The number of hydrogen-bond donors (Lipinski definition) is 1. The molecule has 0 radical (unpaired) electrons. The molecular formula is C12H18N4. The van der Waals surface area contributed by atoms with Crippen molar-refractivity contribution in [3.63, 3.8) is 0 Å². The summed E-state index contributed by atoms with van der Waals surface area (Å²) < 4.78 is 0. The number of nitrogens with two attached hydrogens (primary N) is 1. The molecule has 2 N–H and O–H groups in total. The number of aromatic nitrogens is 2. The van der Waals surface area contributed by atoms with E-state index in [4.69, 9.17) is 5.73 Å². The highest BCUT2D eigenvalue weighted by Gasteiger charge is 2.29. The van der Waals surface area contributed by atoms with Crippen molar-refractivity contribution in [3.8, 4) is 0 Å². The molecule has 0 amide bonds. The van der Waals surface area contributed by atoms with Gasteiger partial charge in [-0.3, -0.25) is 4.98 Å². The Labute approximate surface area is 95.9 Å². The van der Waals surface area contributed by atoms with E-state index in [9.17, 15) is 0 Å². The molecule has 0 saturated heterocycles. The first-order chi connectivity index (χ1) is 7.81. The number of hydrogen-bond acceptors (Lipinski definition) is 4. The molecule has 0 unspecified atom stereocenters. The predicted molar refractivity (Wildman–Crippen MR) is 64.1 cm³/mol. The first-order valence-corrected chi connectivity index (χ1v) is 6.14. The molecule has 16 heavy (non-hydrogen) atoms. The lowest BCUT2D eigenvalue weighted by Crippen LogP contribution is -2.29. The van der Waals surface area contributed by atoms with Crippen LogP contribution in [0.2, 0.25) is 0 Å². The third kappa shape index (κ3) is 2.43. The van der Waals surface area contributed by atoms with Gasteiger partial charge in [-0.1, -0.05) is 0 Å². The lowest BCUT2D eigenvalue weighted by Gasteiger charge is -2.23. The molecule has 3 rings (SSSR count). The van der Waals surface area contributed by atoms with Crippen molar-refractivity contribution in [1.82, 2.24) is 9.97 Å². The van der Waals surface area contributed by atoms with Crippen LogP contribution in [0.4, 0.5) is 11.6 Å². The first kappa shape index (κ1) is 9.87. The lowest BCUT2D eigenvalue weighted by molar-refractivity contribution is 0.670. The fourth-order valence-corrected chi connectivity index (χ4v) is 2.01. The molecule has 0 aliphatic heterocycles. The smallest absolute Gasteiger partial charge is 0.149 e. The van der Waals surface area contributed by atoms with E-state index in [0.717, 1.165) is 30.7 Å². The van der Waals surface area contributed by atoms with E-state index in [1.807, 2.05) is 6.20 Å². The molecule has 0 spiro atoms. The summed E-state index contributed by atoms with van der Waals surface area (Å²) in [6.45, 7) is 2.27. The molecule has 2 saturated carbocycles. The van der Waals surface area contributed by atoms with Crippen LogP contribution in [0.1, 0.15) is 25.7 Å². The number of nitrogens with zero attached hydrogens (tertiary/aromatic N) is 3. The van der Waals surface area contributed by atoms with E-state index in [-0.39, 0.29) is 0 Å². The molecule has 1 aromatic heterocycles. The molecule has 2 aliphatic carbocycles. The zero-order chi connectivity index (χ0) is 11.0. The third-order valence-electron chi connectivity index (χ3n) is 3.32. The first-order valence-electron chi connectivity index (χ1n) is 6.14. The number of anilines is 2. The fourth-order valence-electron chi connectivity index (χ4n) is 2.01. The summed E-state index contributed by atoms with van der Waals surface area (Å²) in [5, 5.41) is 0. The van der Waals surface area contributed by atoms with E-state index in [2.05, 4.69) is 14.9 Å². The maximum atomic E-state index is 5.69. The van der Waals surface area contributed by atoms with E-state index in [1.54, 1.807) is 6.20 Å². The Kier molecular flexibility index (Phi) is 2.42. The molecule has 2 aliphatic rings. The van der Waals surface area contributed by atoms with Crippen LogP contribution in [-0.2, 0) is 0 Å². The van der Waals surface area contributed by atoms with Gasteiger partial charge in [0.1, 0.15) is 11.6 Å². The molecule has 0 aromatic carbocycles. The second-order valence-corrected chi connectivity index (χ2v) is 5.09. The molecule has 0 atom stereocenters. The minimum atomic E-state index is 0.522. The summed E-state index contributed by atoms with van der Waals surface area (Å²) in [5.41, 5.74) is 5.69. The zero-order valence-corrected chi connectivity index (χ0v) is 9.47. The summed E-state index contributed by atoms with van der Waals surface area (Å²) >= 11 is 0.